The molecule has 3 atom stereocenters. The molecule has 0 aliphatic carbocycles. The van der Waals surface area contributed by atoms with Crippen molar-refractivity contribution >= 4 is 27.5 Å². The van der Waals surface area contributed by atoms with Gasteiger partial charge in [0.25, 0.3) is 0 Å². The second-order valence-corrected chi connectivity index (χ2v) is 14.5. The van der Waals surface area contributed by atoms with Crippen molar-refractivity contribution in [1.29, 1.82) is 0 Å². The smallest absolute Gasteiger partial charge is 0.433 e. The number of rotatable bonds is 7. The highest BCUT2D eigenvalue weighted by Gasteiger charge is 2.50. The number of aryl methyl sites for hydroxylation is 2. The number of benzene rings is 2. The van der Waals surface area contributed by atoms with Crippen LogP contribution in [0.15, 0.2) is 42.7 Å². The van der Waals surface area contributed by atoms with E-state index in [2.05, 4.69) is 25.1 Å². The van der Waals surface area contributed by atoms with E-state index < -0.39 is 17.7 Å². The third-order valence-corrected chi connectivity index (χ3v) is 11.5. The Hall–Kier alpha value is -4.76. The van der Waals surface area contributed by atoms with E-state index in [4.69, 9.17) is 24.4 Å². The van der Waals surface area contributed by atoms with Crippen LogP contribution in [0.1, 0.15) is 90.6 Å². The van der Waals surface area contributed by atoms with Gasteiger partial charge < -0.3 is 19.7 Å². The lowest BCUT2D eigenvalue weighted by Crippen LogP contribution is -2.51. The summed E-state index contributed by atoms with van der Waals surface area (Å²) in [6.07, 6.45) is 0.929. The van der Waals surface area contributed by atoms with Gasteiger partial charge in [-0.1, -0.05) is 65.8 Å². The molecule has 4 aliphatic rings. The highest BCUT2D eigenvalue weighted by Crippen LogP contribution is 2.44. The van der Waals surface area contributed by atoms with Gasteiger partial charge in [-0.2, -0.15) is 23.1 Å². The zero-order valence-corrected chi connectivity index (χ0v) is 35.0. The largest absolute Gasteiger partial charge is 0.476 e. The molecule has 3 aromatic heterocycles. The lowest BCUT2D eigenvalue weighted by Gasteiger charge is -2.36. The summed E-state index contributed by atoms with van der Waals surface area (Å²) in [5.41, 5.74) is 0.439. The zero-order valence-electron chi connectivity index (χ0n) is 35.0. The predicted molar refractivity (Wildman–Crippen MR) is 221 cm³/mol. The Balaban J connectivity index is 0.000000934. The van der Waals surface area contributed by atoms with E-state index in [1.165, 1.54) is 6.07 Å². The van der Waals surface area contributed by atoms with Crippen molar-refractivity contribution in [2.75, 3.05) is 44.3 Å². The molecule has 0 radical (unpaired) electrons. The van der Waals surface area contributed by atoms with Gasteiger partial charge in [0.1, 0.15) is 42.4 Å². The Morgan fingerprint density at radius 2 is 1.69 bits per heavy atom. The summed E-state index contributed by atoms with van der Waals surface area (Å²) in [6, 6.07) is 9.52. The van der Waals surface area contributed by atoms with Crippen LogP contribution in [0.5, 0.6) is 11.9 Å². The molecule has 2 aromatic carbocycles. The van der Waals surface area contributed by atoms with Gasteiger partial charge in [0.2, 0.25) is 5.88 Å². The molecule has 3 fully saturated rings. The number of nitrogens with zero attached hydrogens (tertiary/aromatic N) is 7. The molecule has 0 spiro atoms. The van der Waals surface area contributed by atoms with Crippen molar-refractivity contribution in [1.82, 2.24) is 35.1 Å². The lowest BCUT2D eigenvalue weighted by molar-refractivity contribution is -0.141. The quantitative estimate of drug-likeness (QED) is 0.160. The summed E-state index contributed by atoms with van der Waals surface area (Å²) < 4.78 is 83.8. The molecule has 5 aromatic rings. The Kier molecular flexibility index (Phi) is 13.9. The predicted octanol–water partition coefficient (Wildman–Crippen LogP) is 9.50. The fraction of sp³-hybridized carbons (Fsp3) is 0.523. The number of pyridine rings is 1. The number of anilines is 1. The van der Waals surface area contributed by atoms with Gasteiger partial charge in [-0.25, -0.2) is 23.7 Å². The maximum absolute atomic E-state index is 17.1. The fourth-order valence-electron chi connectivity index (χ4n) is 8.91. The molecule has 4 aliphatic heterocycles. The topological polar surface area (TPSA) is 101 Å². The first-order valence-corrected chi connectivity index (χ1v) is 21.1. The first-order valence-electron chi connectivity index (χ1n) is 21.1. The normalized spacial score (nSPS) is 20.9. The number of aromatic nitrogens is 5. The Bertz CT molecular complexity index is 2240. The summed E-state index contributed by atoms with van der Waals surface area (Å²) >= 11 is 0. The molecule has 3 saturated heterocycles. The summed E-state index contributed by atoms with van der Waals surface area (Å²) in [5, 5.41) is 5.43. The summed E-state index contributed by atoms with van der Waals surface area (Å²) in [7, 11) is 0. The first-order chi connectivity index (χ1) is 28.6. The number of ether oxygens (including phenoxy) is 2. The van der Waals surface area contributed by atoms with Crippen molar-refractivity contribution in [3.63, 3.8) is 0 Å². The molecule has 0 bridgehead atoms. The van der Waals surface area contributed by atoms with Crippen LogP contribution in [-0.2, 0) is 12.6 Å². The Labute approximate surface area is 343 Å². The summed E-state index contributed by atoms with van der Waals surface area (Å²) in [6.45, 7) is 17.1. The number of hydrogen-bond donors (Lipinski definition) is 1. The fourth-order valence-corrected chi connectivity index (χ4v) is 8.91. The SMILES string of the molecule is CC.CC.CC.Cc1c(F)ccc2cccc(-c3nc4c5c(nc(OCC67CCCN6[C@H](COc6cc(C(F)(F)F)ncn6)CC7)nc5c3F)N3CCNCC3CC4)c12. The third kappa shape index (κ3) is 8.50. The monoisotopic (exact) mass is 822 g/mol. The molecule has 9 rings (SSSR count). The van der Waals surface area contributed by atoms with Crippen LogP contribution in [0, 0.1) is 18.6 Å². The average molecular weight is 823 g/mol. The van der Waals surface area contributed by atoms with Crippen LogP contribution >= 0.6 is 0 Å². The Morgan fingerprint density at radius 1 is 0.898 bits per heavy atom. The molecular weight excluding hydrogens is 768 g/mol. The van der Waals surface area contributed by atoms with E-state index >= 15 is 4.39 Å². The average Bonchev–Trinajstić information content (AvgIpc) is 3.79. The molecule has 0 saturated carbocycles. The highest BCUT2D eigenvalue weighted by molar-refractivity contribution is 6.01. The van der Waals surface area contributed by atoms with Gasteiger partial charge >= 0.3 is 12.2 Å². The molecule has 7 heterocycles. The standard InChI is InChI=1S/C38H37F5N8O2.3C2H6/c1-21-26(39)8-6-22-4-2-5-25(30(21)22)33-32(40)34-31-27(47-33)9-7-23-17-44-13-15-50(23)35(31)49-36(48-34)53-19-37-11-3-14-51(37)24(10-12-37)18-52-29-16-28(38(41,42)43)45-20-46-29;3*1-2/h2,4-6,8,16,20,23-24,44H,3,7,9-15,17-19H2,1H3;3*1-2H3/t23?,24-,37?;;;/m0.../s1. The third-order valence-electron chi connectivity index (χ3n) is 11.5. The molecular formula is C44H55F5N8O2. The number of halogens is 5. The van der Waals surface area contributed by atoms with E-state index in [-0.39, 0.29) is 59.8 Å². The molecule has 1 N–H and O–H groups in total. The molecule has 10 nitrogen and oxygen atoms in total. The van der Waals surface area contributed by atoms with Crippen LogP contribution in [0.25, 0.3) is 32.9 Å². The van der Waals surface area contributed by atoms with Gasteiger partial charge in [0.05, 0.1) is 16.6 Å². The van der Waals surface area contributed by atoms with Crippen LogP contribution in [-0.4, -0.2) is 86.8 Å². The minimum absolute atomic E-state index is 0.0585. The zero-order chi connectivity index (χ0) is 42.5. The van der Waals surface area contributed by atoms with Crippen LogP contribution in [0.3, 0.4) is 0 Å². The van der Waals surface area contributed by atoms with E-state index in [0.29, 0.717) is 46.4 Å². The van der Waals surface area contributed by atoms with Crippen LogP contribution in [0.4, 0.5) is 27.8 Å². The van der Waals surface area contributed by atoms with Gasteiger partial charge in [-0.3, -0.25) is 4.90 Å². The lowest BCUT2D eigenvalue weighted by atomic mass is 9.95. The van der Waals surface area contributed by atoms with E-state index in [0.717, 1.165) is 69.5 Å². The van der Waals surface area contributed by atoms with Gasteiger partial charge in [0, 0.05) is 43.3 Å². The minimum atomic E-state index is -4.60. The van der Waals surface area contributed by atoms with Gasteiger partial charge in [0.15, 0.2) is 11.5 Å². The number of nitrogens with one attached hydrogen (secondary N) is 1. The van der Waals surface area contributed by atoms with E-state index in [1.807, 2.05) is 53.7 Å². The molecule has 0 amide bonds. The second kappa shape index (κ2) is 18.7. The van der Waals surface area contributed by atoms with Crippen LogP contribution in [0.2, 0.25) is 0 Å². The van der Waals surface area contributed by atoms with Crippen molar-refractivity contribution in [2.45, 2.75) is 111 Å². The van der Waals surface area contributed by atoms with Crippen molar-refractivity contribution < 1.29 is 31.4 Å². The Morgan fingerprint density at radius 3 is 2.47 bits per heavy atom. The van der Waals surface area contributed by atoms with Crippen molar-refractivity contribution in [3.05, 3.63) is 71.3 Å². The second-order valence-electron chi connectivity index (χ2n) is 14.5. The van der Waals surface area contributed by atoms with Crippen molar-refractivity contribution in [2.24, 2.45) is 0 Å². The van der Waals surface area contributed by atoms with Gasteiger partial charge in [-0.05, 0) is 74.4 Å². The van der Waals surface area contributed by atoms with Crippen molar-refractivity contribution in [3.8, 4) is 23.1 Å². The number of piperazine rings is 1. The summed E-state index contributed by atoms with van der Waals surface area (Å²) in [5.74, 6) is -0.512. The van der Waals surface area contributed by atoms with E-state index in [9.17, 15) is 17.6 Å². The highest BCUT2D eigenvalue weighted by atomic mass is 19.4. The molecule has 59 heavy (non-hydrogen) atoms. The first kappa shape index (κ1) is 43.8. The van der Waals surface area contributed by atoms with E-state index in [1.54, 1.807) is 19.1 Å². The number of fused-ring (bicyclic) bond motifs is 4. The summed E-state index contributed by atoms with van der Waals surface area (Å²) in [4.78, 5) is 26.4. The maximum atomic E-state index is 17.1. The molecule has 2 unspecified atom stereocenters. The number of hydrogen-bond acceptors (Lipinski definition) is 10. The maximum Gasteiger partial charge on any atom is 0.433 e. The molecule has 318 valence electrons. The molecule has 15 heteroatoms. The van der Waals surface area contributed by atoms with Gasteiger partial charge in [-0.15, -0.1) is 0 Å². The van der Waals surface area contributed by atoms with Crippen LogP contribution < -0.4 is 19.7 Å². The minimum Gasteiger partial charge on any atom is -0.476 e. The number of alkyl halides is 3.